The summed E-state index contributed by atoms with van der Waals surface area (Å²) in [6.07, 6.45) is 4.76. The molecular weight excluding hydrogens is 260 g/mol. The van der Waals surface area contributed by atoms with E-state index < -0.39 is 0 Å². The molecule has 3 nitrogen and oxygen atoms in total. The number of aromatic amines is 1. The first kappa shape index (κ1) is 12.5. The largest absolute Gasteiger partial charge is 0.361 e. The molecule has 0 saturated heterocycles. The van der Waals surface area contributed by atoms with Gasteiger partial charge in [0, 0.05) is 28.7 Å². The zero-order valence-electron chi connectivity index (χ0n) is 10.9. The van der Waals surface area contributed by atoms with Gasteiger partial charge in [0.05, 0.1) is 5.41 Å². The molecule has 0 aliphatic heterocycles. The minimum Gasteiger partial charge on any atom is -0.361 e. The summed E-state index contributed by atoms with van der Waals surface area (Å²) in [4.78, 5) is 15.6. The number of aromatic nitrogens is 1. The van der Waals surface area contributed by atoms with E-state index >= 15 is 0 Å². The summed E-state index contributed by atoms with van der Waals surface area (Å²) in [5.41, 5.74) is 1.78. The number of amides is 1. The molecule has 3 rings (SSSR count). The van der Waals surface area contributed by atoms with Gasteiger partial charge in [0.1, 0.15) is 0 Å². The Hall–Kier alpha value is -1.48. The fraction of sp³-hybridized carbons (Fsp3) is 0.400. The van der Waals surface area contributed by atoms with Crippen LogP contribution in [0.1, 0.15) is 31.7 Å². The molecule has 1 aliphatic carbocycles. The molecule has 1 aromatic carbocycles. The normalized spacial score (nSPS) is 16.5. The number of H-pyrrole nitrogens is 1. The minimum atomic E-state index is -0.335. The number of rotatable bonds is 4. The van der Waals surface area contributed by atoms with Gasteiger partial charge in [-0.15, -0.1) is 0 Å². The van der Waals surface area contributed by atoms with E-state index in [0.717, 1.165) is 42.3 Å². The third kappa shape index (κ3) is 2.02. The molecule has 2 N–H and O–H groups in total. The Morgan fingerprint density at radius 1 is 1.47 bits per heavy atom. The van der Waals surface area contributed by atoms with Gasteiger partial charge < -0.3 is 10.3 Å². The lowest BCUT2D eigenvalue weighted by atomic mass is 9.94. The fourth-order valence-corrected chi connectivity index (χ4v) is 2.81. The number of hydrogen-bond acceptors (Lipinski definition) is 1. The second kappa shape index (κ2) is 4.57. The van der Waals surface area contributed by atoms with Crippen molar-refractivity contribution in [3.05, 3.63) is 35.0 Å². The predicted molar refractivity (Wildman–Crippen MR) is 77.5 cm³/mol. The standard InChI is InChI=1S/C15H17ClN2O/c1-2-7-17-14(19)15(5-6-15)12-9-18-13-4-3-10(16)8-11(12)13/h3-4,8-9,18H,2,5-7H2,1H3,(H,17,19). The Kier molecular flexibility index (Phi) is 3.02. The van der Waals surface area contributed by atoms with Gasteiger partial charge in [-0.05, 0) is 43.0 Å². The molecule has 0 unspecified atom stereocenters. The van der Waals surface area contributed by atoms with E-state index in [1.807, 2.05) is 24.4 Å². The van der Waals surface area contributed by atoms with Crippen LogP contribution in [-0.4, -0.2) is 17.4 Å². The van der Waals surface area contributed by atoms with E-state index in [9.17, 15) is 4.79 Å². The van der Waals surface area contributed by atoms with Crippen LogP contribution in [0.25, 0.3) is 10.9 Å². The van der Waals surface area contributed by atoms with E-state index in [2.05, 4.69) is 17.2 Å². The second-order valence-electron chi connectivity index (χ2n) is 5.23. The molecule has 1 fully saturated rings. The van der Waals surface area contributed by atoms with Crippen molar-refractivity contribution >= 4 is 28.4 Å². The third-order valence-electron chi connectivity index (χ3n) is 3.88. The van der Waals surface area contributed by atoms with Crippen molar-refractivity contribution in [3.63, 3.8) is 0 Å². The lowest BCUT2D eigenvalue weighted by Gasteiger charge is -2.14. The summed E-state index contributed by atoms with van der Waals surface area (Å²) >= 11 is 6.07. The van der Waals surface area contributed by atoms with Crippen molar-refractivity contribution in [3.8, 4) is 0 Å². The summed E-state index contributed by atoms with van der Waals surface area (Å²) in [7, 11) is 0. The van der Waals surface area contributed by atoms with Crippen LogP contribution in [0, 0.1) is 0 Å². The molecule has 1 amide bonds. The molecule has 2 aromatic rings. The van der Waals surface area contributed by atoms with E-state index in [4.69, 9.17) is 11.6 Å². The number of halogens is 1. The fourth-order valence-electron chi connectivity index (χ4n) is 2.64. The molecule has 0 atom stereocenters. The highest BCUT2D eigenvalue weighted by Crippen LogP contribution is 2.50. The average Bonchev–Trinajstić information content (AvgIpc) is 3.11. The monoisotopic (exact) mass is 276 g/mol. The predicted octanol–water partition coefficient (Wildman–Crippen LogP) is 3.38. The van der Waals surface area contributed by atoms with Crippen LogP contribution in [0.15, 0.2) is 24.4 Å². The van der Waals surface area contributed by atoms with Crippen molar-refractivity contribution in [2.24, 2.45) is 0 Å². The number of carbonyl (C=O) groups excluding carboxylic acids is 1. The molecule has 100 valence electrons. The van der Waals surface area contributed by atoms with Gasteiger partial charge in [0.15, 0.2) is 0 Å². The van der Waals surface area contributed by atoms with Gasteiger partial charge in [-0.3, -0.25) is 4.79 Å². The molecule has 0 radical (unpaired) electrons. The summed E-state index contributed by atoms with van der Waals surface area (Å²) in [5.74, 6) is 0.148. The van der Waals surface area contributed by atoms with E-state index in [-0.39, 0.29) is 11.3 Å². The van der Waals surface area contributed by atoms with Crippen LogP contribution >= 0.6 is 11.6 Å². The first-order valence-electron chi connectivity index (χ1n) is 6.73. The number of fused-ring (bicyclic) bond motifs is 1. The maximum Gasteiger partial charge on any atom is 0.230 e. The molecule has 1 aliphatic rings. The van der Waals surface area contributed by atoms with E-state index in [1.165, 1.54) is 0 Å². The first-order chi connectivity index (χ1) is 9.17. The molecule has 4 heteroatoms. The van der Waals surface area contributed by atoms with Gasteiger partial charge in [0.25, 0.3) is 0 Å². The van der Waals surface area contributed by atoms with Gasteiger partial charge in [0.2, 0.25) is 5.91 Å². The van der Waals surface area contributed by atoms with Crippen molar-refractivity contribution in [1.29, 1.82) is 0 Å². The number of carbonyl (C=O) groups is 1. The minimum absolute atomic E-state index is 0.148. The van der Waals surface area contributed by atoms with Crippen LogP contribution < -0.4 is 5.32 Å². The quantitative estimate of drug-likeness (QED) is 0.883. The maximum absolute atomic E-state index is 12.4. The second-order valence-corrected chi connectivity index (χ2v) is 5.67. The molecule has 0 spiro atoms. The van der Waals surface area contributed by atoms with Gasteiger partial charge in [-0.2, -0.15) is 0 Å². The highest BCUT2D eigenvalue weighted by atomic mass is 35.5. The van der Waals surface area contributed by atoms with Crippen molar-refractivity contribution in [2.45, 2.75) is 31.6 Å². The topological polar surface area (TPSA) is 44.9 Å². The maximum atomic E-state index is 12.4. The Balaban J connectivity index is 1.99. The average molecular weight is 277 g/mol. The summed E-state index contributed by atoms with van der Waals surface area (Å²) in [6, 6.07) is 5.76. The molecule has 1 heterocycles. The Labute approximate surface area is 117 Å². The van der Waals surface area contributed by atoms with Gasteiger partial charge in [-0.1, -0.05) is 18.5 Å². The summed E-state index contributed by atoms with van der Waals surface area (Å²) in [5, 5.41) is 4.79. The highest BCUT2D eigenvalue weighted by Gasteiger charge is 2.52. The van der Waals surface area contributed by atoms with Crippen molar-refractivity contribution < 1.29 is 4.79 Å². The van der Waals surface area contributed by atoms with Gasteiger partial charge >= 0.3 is 0 Å². The van der Waals surface area contributed by atoms with Crippen molar-refractivity contribution in [1.82, 2.24) is 10.3 Å². The number of nitrogens with one attached hydrogen (secondary N) is 2. The van der Waals surface area contributed by atoms with Gasteiger partial charge in [-0.25, -0.2) is 0 Å². The van der Waals surface area contributed by atoms with E-state index in [0.29, 0.717) is 5.02 Å². The molecule has 0 bridgehead atoms. The smallest absolute Gasteiger partial charge is 0.230 e. The number of benzene rings is 1. The Morgan fingerprint density at radius 2 is 2.26 bits per heavy atom. The zero-order chi connectivity index (χ0) is 13.5. The molecule has 1 saturated carbocycles. The molecule has 19 heavy (non-hydrogen) atoms. The highest BCUT2D eigenvalue weighted by molar-refractivity contribution is 6.31. The third-order valence-corrected chi connectivity index (χ3v) is 4.11. The van der Waals surface area contributed by atoms with Crippen LogP contribution in [0.4, 0.5) is 0 Å². The SMILES string of the molecule is CCCNC(=O)C1(c2c[nH]c3ccc(Cl)cc23)CC1. The molecule has 1 aromatic heterocycles. The Bertz CT molecular complexity index is 628. The summed E-state index contributed by atoms with van der Waals surface area (Å²) in [6.45, 7) is 2.80. The van der Waals surface area contributed by atoms with Crippen LogP contribution in [-0.2, 0) is 10.2 Å². The zero-order valence-corrected chi connectivity index (χ0v) is 11.7. The van der Waals surface area contributed by atoms with Crippen LogP contribution in [0.5, 0.6) is 0 Å². The first-order valence-corrected chi connectivity index (χ1v) is 7.10. The Morgan fingerprint density at radius 3 is 2.95 bits per heavy atom. The lowest BCUT2D eigenvalue weighted by molar-refractivity contribution is -0.123. The van der Waals surface area contributed by atoms with Crippen molar-refractivity contribution in [2.75, 3.05) is 6.54 Å². The molecular formula is C15H17ClN2O. The lowest BCUT2D eigenvalue weighted by Crippen LogP contribution is -2.35. The summed E-state index contributed by atoms with van der Waals surface area (Å²) < 4.78 is 0. The van der Waals surface area contributed by atoms with Crippen LogP contribution in [0.3, 0.4) is 0 Å². The van der Waals surface area contributed by atoms with Crippen LogP contribution in [0.2, 0.25) is 5.02 Å². The number of hydrogen-bond donors (Lipinski definition) is 2. The van der Waals surface area contributed by atoms with E-state index in [1.54, 1.807) is 0 Å².